The van der Waals surface area contributed by atoms with Crippen molar-refractivity contribution in [1.82, 2.24) is 5.32 Å². The number of hydrogen-bond donors (Lipinski definition) is 1. The third-order valence-electron chi connectivity index (χ3n) is 0. The first-order chi connectivity index (χ1) is 2.41. The molecule has 2 nitrogen and oxygen atoms in total. The van der Waals surface area contributed by atoms with E-state index in [4.69, 9.17) is 5.26 Å². The summed E-state index contributed by atoms with van der Waals surface area (Å²) in [6.07, 6.45) is 0. The molecule has 0 saturated carbocycles. The van der Waals surface area contributed by atoms with Gasteiger partial charge in [-0.3, -0.25) is 0 Å². The Balaban J connectivity index is 0. The van der Waals surface area contributed by atoms with Crippen molar-refractivity contribution in [1.29, 1.82) is 5.26 Å². The third kappa shape index (κ3) is 24.0. The van der Waals surface area contributed by atoms with Gasteiger partial charge in [0.05, 0.1) is 0 Å². The largest absolute Gasteiger partial charge is 0.323 e. The minimum Gasteiger partial charge on any atom is -0.323 e. The minimum atomic E-state index is 1.88. The Bertz CT molecular complexity index is 16.1. The molecule has 0 unspecified atom stereocenters. The first-order valence-electron chi connectivity index (χ1n) is 1.26. The van der Waals surface area contributed by atoms with Gasteiger partial charge in [0.1, 0.15) is 0 Å². The Hall–Kier alpha value is -0.550. The average Bonchev–Trinajstić information content (AvgIpc) is 1.46. The highest BCUT2D eigenvalue weighted by Crippen LogP contribution is 0.981. The first-order valence-corrected chi connectivity index (χ1v) is 1.26. The van der Waals surface area contributed by atoms with E-state index in [2.05, 4.69) is 11.9 Å². The number of rotatable bonds is 0. The second-order valence-corrected chi connectivity index (χ2v) is 0.500. The summed E-state index contributed by atoms with van der Waals surface area (Å²) < 4.78 is 0. The zero-order chi connectivity index (χ0) is 4.71. The molecule has 30 valence electrons. The van der Waals surface area contributed by atoms with Gasteiger partial charge >= 0.3 is 0 Å². The standard InChI is InChI=1S/C2H7N.CHN/c1-3-2;1-2/h3H,1-2H3;1H. The van der Waals surface area contributed by atoms with Crippen molar-refractivity contribution >= 4 is 0 Å². The average molecular weight is 72.1 g/mol. The molecule has 0 rings (SSSR count). The highest BCUT2D eigenvalue weighted by Gasteiger charge is 1.25. The van der Waals surface area contributed by atoms with Crippen LogP contribution < -0.4 is 5.32 Å². The predicted molar refractivity (Wildman–Crippen MR) is 21.7 cm³/mol. The lowest BCUT2D eigenvalue weighted by Crippen LogP contribution is -1.89. The van der Waals surface area contributed by atoms with Crippen LogP contribution in [0.2, 0.25) is 0 Å². The van der Waals surface area contributed by atoms with Crippen LogP contribution in [0.15, 0.2) is 0 Å². The maximum Gasteiger partial charge on any atom is 0.0462 e. The van der Waals surface area contributed by atoms with E-state index in [0.29, 0.717) is 0 Å². The molecule has 0 amide bonds. The van der Waals surface area contributed by atoms with Gasteiger partial charge in [0, 0.05) is 6.57 Å². The molecule has 0 fully saturated rings. The predicted octanol–water partition coefficient (Wildman–Crippen LogP) is -0.0246. The van der Waals surface area contributed by atoms with Crippen molar-refractivity contribution in [3.05, 3.63) is 0 Å². The molecule has 2 heteroatoms. The van der Waals surface area contributed by atoms with Gasteiger partial charge in [-0.15, -0.1) is 0 Å². The van der Waals surface area contributed by atoms with Crippen molar-refractivity contribution in [2.45, 2.75) is 0 Å². The van der Waals surface area contributed by atoms with E-state index in [9.17, 15) is 0 Å². The summed E-state index contributed by atoms with van der Waals surface area (Å²) in [5, 5.41) is 9.25. The van der Waals surface area contributed by atoms with E-state index >= 15 is 0 Å². The van der Waals surface area contributed by atoms with Crippen molar-refractivity contribution in [3.63, 3.8) is 0 Å². The van der Waals surface area contributed by atoms with E-state index in [1.807, 2.05) is 14.1 Å². The molecule has 0 saturated heterocycles. The molecule has 0 radical (unpaired) electrons. The molecule has 0 atom stereocenters. The number of nitrogens with zero attached hydrogens (tertiary/aromatic N) is 1. The van der Waals surface area contributed by atoms with Crippen molar-refractivity contribution < 1.29 is 0 Å². The Morgan fingerprint density at radius 3 is 1.40 bits per heavy atom. The molecule has 5 heavy (non-hydrogen) atoms. The van der Waals surface area contributed by atoms with E-state index in [1.165, 1.54) is 0 Å². The van der Waals surface area contributed by atoms with Gasteiger partial charge in [0.25, 0.3) is 0 Å². The maximum absolute atomic E-state index is 6.50. The number of hydrogen-bond acceptors (Lipinski definition) is 2. The molecular formula is C3H8N2. The summed E-state index contributed by atoms with van der Waals surface area (Å²) in [6, 6.07) is 0. The van der Waals surface area contributed by atoms with Crippen LogP contribution in [0, 0.1) is 11.8 Å². The van der Waals surface area contributed by atoms with Crippen LogP contribution in [-0.2, 0) is 0 Å². The SMILES string of the molecule is C#N.CNC. The van der Waals surface area contributed by atoms with Crippen LogP contribution >= 0.6 is 0 Å². The third-order valence-corrected chi connectivity index (χ3v) is 0. The number of nitriles is 1. The molecule has 0 aliphatic carbocycles. The van der Waals surface area contributed by atoms with Crippen LogP contribution in [0.4, 0.5) is 0 Å². The summed E-state index contributed by atoms with van der Waals surface area (Å²) in [5.74, 6) is 0. The van der Waals surface area contributed by atoms with Crippen LogP contribution in [0.3, 0.4) is 0 Å². The normalized spacial score (nSPS) is 4.00. The van der Waals surface area contributed by atoms with Crippen LogP contribution in [0.5, 0.6) is 0 Å². The fourth-order valence-corrected chi connectivity index (χ4v) is 0. The fraction of sp³-hybridized carbons (Fsp3) is 0.667. The molecule has 1 N–H and O–H groups in total. The zero-order valence-corrected chi connectivity index (χ0v) is 3.52. The zero-order valence-electron chi connectivity index (χ0n) is 3.52. The maximum atomic E-state index is 6.50. The van der Waals surface area contributed by atoms with Gasteiger partial charge in [-0.05, 0) is 14.1 Å². The molecule has 0 bridgehead atoms. The van der Waals surface area contributed by atoms with E-state index in [-0.39, 0.29) is 0 Å². The highest BCUT2D eigenvalue weighted by molar-refractivity contribution is 4.03. The Morgan fingerprint density at radius 1 is 1.40 bits per heavy atom. The van der Waals surface area contributed by atoms with Gasteiger partial charge in [-0.25, -0.2) is 5.26 Å². The fourth-order valence-electron chi connectivity index (χ4n) is 0. The molecular weight excluding hydrogens is 64.0 g/mol. The second-order valence-electron chi connectivity index (χ2n) is 0.500. The smallest absolute Gasteiger partial charge is 0.0462 e. The summed E-state index contributed by atoms with van der Waals surface area (Å²) in [5.41, 5.74) is 0. The Morgan fingerprint density at radius 2 is 1.40 bits per heavy atom. The van der Waals surface area contributed by atoms with Gasteiger partial charge in [-0.1, -0.05) is 0 Å². The van der Waals surface area contributed by atoms with Gasteiger partial charge in [0.15, 0.2) is 0 Å². The Kier molecular flexibility index (Phi) is 180. The number of nitrogens with one attached hydrogen (secondary N) is 1. The van der Waals surface area contributed by atoms with Gasteiger partial charge < -0.3 is 5.32 Å². The molecule has 0 heterocycles. The quantitative estimate of drug-likeness (QED) is 0.436. The van der Waals surface area contributed by atoms with Gasteiger partial charge in [-0.2, -0.15) is 0 Å². The first kappa shape index (κ1) is 8.82. The monoisotopic (exact) mass is 72.1 g/mol. The lowest BCUT2D eigenvalue weighted by Gasteiger charge is -1.59. The lowest BCUT2D eigenvalue weighted by atomic mass is 11.3. The van der Waals surface area contributed by atoms with E-state index in [0.717, 1.165) is 0 Å². The summed E-state index contributed by atoms with van der Waals surface area (Å²) in [4.78, 5) is 0. The minimum absolute atomic E-state index is 1.88. The molecule has 0 aromatic rings. The summed E-state index contributed by atoms with van der Waals surface area (Å²) in [6.45, 7) is 3.50. The molecule has 0 aromatic heterocycles. The van der Waals surface area contributed by atoms with Crippen LogP contribution in [-0.4, -0.2) is 14.1 Å². The van der Waals surface area contributed by atoms with Crippen molar-refractivity contribution in [2.75, 3.05) is 14.1 Å². The van der Waals surface area contributed by atoms with E-state index < -0.39 is 0 Å². The van der Waals surface area contributed by atoms with E-state index in [1.54, 1.807) is 0 Å². The Labute approximate surface area is 32.4 Å². The lowest BCUT2D eigenvalue weighted by molar-refractivity contribution is 1.02. The van der Waals surface area contributed by atoms with Crippen LogP contribution in [0.1, 0.15) is 0 Å². The van der Waals surface area contributed by atoms with Crippen molar-refractivity contribution in [2.24, 2.45) is 0 Å². The highest BCUT2D eigenvalue weighted by atomic mass is 14.7. The van der Waals surface area contributed by atoms with Crippen LogP contribution in [0.25, 0.3) is 0 Å². The summed E-state index contributed by atoms with van der Waals surface area (Å²) >= 11 is 0. The second kappa shape index (κ2) is 102. The van der Waals surface area contributed by atoms with Crippen molar-refractivity contribution in [3.8, 4) is 6.57 Å². The van der Waals surface area contributed by atoms with Gasteiger partial charge in [0.2, 0.25) is 0 Å². The summed E-state index contributed by atoms with van der Waals surface area (Å²) in [7, 11) is 3.75. The molecule has 0 aliphatic heterocycles. The molecule has 0 aromatic carbocycles. The molecule has 0 spiro atoms. The molecule has 0 aliphatic rings. The topological polar surface area (TPSA) is 35.8 Å².